The quantitative estimate of drug-likeness (QED) is 0.465. The maximum absolute atomic E-state index is 11.3. The lowest BCUT2D eigenvalue weighted by molar-refractivity contribution is 0.0909. The molecule has 0 aliphatic carbocycles. The molecule has 4 bridgehead atoms. The van der Waals surface area contributed by atoms with E-state index >= 15 is 0 Å². The highest BCUT2D eigenvalue weighted by molar-refractivity contribution is 7.88. The van der Waals surface area contributed by atoms with E-state index in [0.29, 0.717) is 0 Å². The molecule has 0 atom stereocenters. The summed E-state index contributed by atoms with van der Waals surface area (Å²) >= 11 is 0. The van der Waals surface area contributed by atoms with Crippen LogP contribution in [-0.4, -0.2) is 9.29 Å². The Balaban J connectivity index is 0.000000329. The van der Waals surface area contributed by atoms with Crippen molar-refractivity contribution in [1.29, 1.82) is 0 Å². The molecule has 4 fully saturated rings. The van der Waals surface area contributed by atoms with E-state index in [4.69, 9.17) is 8.92 Å². The van der Waals surface area contributed by atoms with Gasteiger partial charge >= 0.3 is 40.6 Å². The Bertz CT molecular complexity index is 425. The molecule has 4 aliphatic rings. The van der Waals surface area contributed by atoms with Gasteiger partial charge in [-0.25, -0.2) is 18.3 Å². The number of hydrogen-bond donors (Lipinski definition) is 0. The van der Waals surface area contributed by atoms with Crippen LogP contribution >= 0.6 is 31.3 Å². The molecule has 0 N–H and O–H groups in total. The molecule has 4 rings (SSSR count). The Kier molecular flexibility index (Phi) is 3.27. The standard InChI is InChI=1S/O10P4.O2Si/c1-11-5-12(2)8-13(3,6-11)10-14(4,7-11)9-12;1-3-2. The van der Waals surface area contributed by atoms with Crippen LogP contribution in [0.15, 0.2) is 0 Å². The second kappa shape index (κ2) is 3.99. The van der Waals surface area contributed by atoms with Crippen molar-refractivity contribution in [2.45, 2.75) is 0 Å². The van der Waals surface area contributed by atoms with Gasteiger partial charge in [0.2, 0.25) is 0 Å². The molecule has 0 aromatic carbocycles. The highest BCUT2D eigenvalue weighted by Crippen LogP contribution is 2.99. The molecule has 4 heterocycles. The summed E-state index contributed by atoms with van der Waals surface area (Å²) in [6.45, 7) is 0. The molecule has 0 radical (unpaired) electrons. The molecule has 0 unspecified atom stereocenters. The minimum Gasteiger partial charge on any atom is -0.274 e. The third kappa shape index (κ3) is 2.60. The molecule has 0 aromatic rings. The minimum atomic E-state index is -4.43. The molecule has 0 aromatic heterocycles. The van der Waals surface area contributed by atoms with Gasteiger partial charge in [0.05, 0.1) is 0 Å². The van der Waals surface area contributed by atoms with Crippen molar-refractivity contribution in [1.82, 2.24) is 0 Å². The second-order valence-corrected chi connectivity index (χ2v) is 10.0. The van der Waals surface area contributed by atoms with Crippen LogP contribution < -0.4 is 0 Å². The zero-order chi connectivity index (χ0) is 12.9. The molecule has 4 aliphatic heterocycles. The molecule has 0 saturated carbocycles. The summed E-state index contributed by atoms with van der Waals surface area (Å²) in [6, 6.07) is 0. The first-order valence-electron chi connectivity index (χ1n) is 3.33. The highest BCUT2D eigenvalue weighted by atomic mass is 31.4. The lowest BCUT2D eigenvalue weighted by atomic mass is 15.6. The Morgan fingerprint density at radius 3 is 0.765 bits per heavy atom. The third-order valence-corrected chi connectivity index (χ3v) is 10.8. The van der Waals surface area contributed by atoms with Crippen molar-refractivity contribution in [3.05, 3.63) is 0 Å². The maximum atomic E-state index is 11.3. The maximum Gasteiger partial charge on any atom is 0.549 e. The molecule has 17 heavy (non-hydrogen) atoms. The zero-order valence-corrected chi connectivity index (χ0v) is 11.8. The first-order chi connectivity index (χ1) is 7.66. The average molecular weight is 344 g/mol. The Labute approximate surface area is 94.3 Å². The lowest BCUT2D eigenvalue weighted by Gasteiger charge is -2.41. The van der Waals surface area contributed by atoms with Gasteiger partial charge in [-0.15, -0.1) is 0 Å². The van der Waals surface area contributed by atoms with Crippen LogP contribution in [0.5, 0.6) is 0 Å². The van der Waals surface area contributed by atoms with Crippen molar-refractivity contribution in [3.63, 3.8) is 0 Å². The summed E-state index contributed by atoms with van der Waals surface area (Å²) in [5.41, 5.74) is 0. The molecule has 12 nitrogen and oxygen atoms in total. The largest absolute Gasteiger partial charge is 0.549 e. The average Bonchev–Trinajstić information content (AvgIpc) is 1.90. The first-order valence-corrected chi connectivity index (χ1v) is 9.99. The fourth-order valence-electron chi connectivity index (χ4n) is 0.914. The SMILES string of the molecule is O=P12OP3(=O)OP(=O)(O1)OP(=O)(O2)O3.O=[Si]=O. The van der Waals surface area contributed by atoms with E-state index in [1.807, 2.05) is 0 Å². The van der Waals surface area contributed by atoms with E-state index in [1.165, 1.54) is 0 Å². The van der Waals surface area contributed by atoms with E-state index in [2.05, 4.69) is 25.9 Å². The van der Waals surface area contributed by atoms with Crippen LogP contribution in [-0.2, 0) is 53.0 Å². The van der Waals surface area contributed by atoms with Gasteiger partial charge < -0.3 is 0 Å². The van der Waals surface area contributed by atoms with E-state index in [9.17, 15) is 18.3 Å². The predicted octanol–water partition coefficient (Wildman–Crippen LogP) is 1.94. The predicted molar refractivity (Wildman–Crippen MR) is 44.1 cm³/mol. The topological polar surface area (TPSA) is 158 Å². The Hall–Kier alpha value is 0.497. The van der Waals surface area contributed by atoms with Crippen LogP contribution in [0.25, 0.3) is 0 Å². The Morgan fingerprint density at radius 2 is 0.647 bits per heavy atom. The van der Waals surface area contributed by atoms with Crippen molar-refractivity contribution in [3.8, 4) is 0 Å². The number of phosphoric acid groups is 4. The van der Waals surface area contributed by atoms with E-state index in [0.717, 1.165) is 0 Å². The zero-order valence-electron chi connectivity index (χ0n) is 7.19. The van der Waals surface area contributed by atoms with Gasteiger partial charge in [0.25, 0.3) is 0 Å². The minimum absolute atomic E-state index is 1.42. The van der Waals surface area contributed by atoms with Crippen LogP contribution in [0.4, 0.5) is 0 Å². The molecule has 17 heteroatoms. The van der Waals surface area contributed by atoms with Gasteiger partial charge in [0, 0.05) is 0 Å². The molecule has 0 spiro atoms. The summed E-state index contributed by atoms with van der Waals surface area (Å²) in [5.74, 6) is 0. The normalized spacial score (nSPS) is 54.6. The van der Waals surface area contributed by atoms with Gasteiger partial charge in [-0.1, -0.05) is 0 Å². The van der Waals surface area contributed by atoms with Gasteiger partial charge in [-0.3, -0.25) is 8.92 Å². The van der Waals surface area contributed by atoms with Crippen LogP contribution in [0.1, 0.15) is 0 Å². The van der Waals surface area contributed by atoms with E-state index in [-0.39, 0.29) is 0 Å². The summed E-state index contributed by atoms with van der Waals surface area (Å²) < 4.78 is 86.8. The van der Waals surface area contributed by atoms with Gasteiger partial charge in [-0.05, 0) is 0 Å². The fraction of sp³-hybridized carbons (Fsp3) is 0. The molecule has 96 valence electrons. The molecule has 0 amide bonds. The monoisotopic (exact) mass is 344 g/mol. The second-order valence-electron chi connectivity index (χ2n) is 2.36. The molecular weight excluding hydrogens is 344 g/mol. The van der Waals surface area contributed by atoms with E-state index in [1.54, 1.807) is 0 Å². The third-order valence-electron chi connectivity index (χ3n) is 1.20. The lowest BCUT2D eigenvalue weighted by Crippen LogP contribution is -2.19. The summed E-state index contributed by atoms with van der Waals surface area (Å²) in [4.78, 5) is 0. The van der Waals surface area contributed by atoms with Crippen LogP contribution in [0, 0.1) is 0 Å². The summed E-state index contributed by atoms with van der Waals surface area (Å²) in [5, 5.41) is 0. The van der Waals surface area contributed by atoms with Crippen molar-refractivity contribution in [2.75, 3.05) is 0 Å². The molecular formula is O12P4Si. The van der Waals surface area contributed by atoms with Crippen molar-refractivity contribution in [2.24, 2.45) is 0 Å². The van der Waals surface area contributed by atoms with Crippen molar-refractivity contribution >= 4 is 40.6 Å². The van der Waals surface area contributed by atoms with Gasteiger partial charge in [0.15, 0.2) is 0 Å². The smallest absolute Gasteiger partial charge is 0.274 e. The molecule has 4 saturated heterocycles. The summed E-state index contributed by atoms with van der Waals surface area (Å²) in [6.07, 6.45) is 0. The highest BCUT2D eigenvalue weighted by Gasteiger charge is 2.74. The van der Waals surface area contributed by atoms with Crippen LogP contribution in [0.3, 0.4) is 0 Å². The first kappa shape index (κ1) is 13.9. The van der Waals surface area contributed by atoms with Gasteiger partial charge in [0.1, 0.15) is 0 Å². The van der Waals surface area contributed by atoms with E-state index < -0.39 is 40.6 Å². The number of rotatable bonds is 0. The van der Waals surface area contributed by atoms with Crippen LogP contribution in [0.2, 0.25) is 0 Å². The number of hydrogen-bond acceptors (Lipinski definition) is 12. The Morgan fingerprint density at radius 1 is 0.529 bits per heavy atom. The van der Waals surface area contributed by atoms with Gasteiger partial charge in [-0.2, -0.15) is 25.9 Å². The van der Waals surface area contributed by atoms with Crippen molar-refractivity contribution < 1.29 is 53.0 Å². The summed E-state index contributed by atoms with van der Waals surface area (Å²) in [7, 11) is -19.1. The fourth-order valence-corrected chi connectivity index (χ4v) is 11.4.